The van der Waals surface area contributed by atoms with Gasteiger partial charge < -0.3 is 14.2 Å². The normalized spacial score (nSPS) is 15.6. The van der Waals surface area contributed by atoms with E-state index in [2.05, 4.69) is 4.90 Å². The van der Waals surface area contributed by atoms with Crippen molar-refractivity contribution < 1.29 is 19.0 Å². The molecule has 1 aliphatic rings. The largest absolute Gasteiger partial charge is 0.496 e. The highest BCUT2D eigenvalue weighted by Crippen LogP contribution is 2.35. The minimum Gasteiger partial charge on any atom is -0.496 e. The minimum atomic E-state index is 0.291. The molecule has 0 aromatic heterocycles. The standard InChI is InChI=1S/C14H19NO4/c1-17-12-7-14(19-3)13(18-2)6-10(12)8-15-5-4-11(16)9-15/h6-7H,4-5,8-9H2,1-3H3. The highest BCUT2D eigenvalue weighted by Gasteiger charge is 2.21. The van der Waals surface area contributed by atoms with Crippen molar-refractivity contribution in [3.63, 3.8) is 0 Å². The van der Waals surface area contributed by atoms with Gasteiger partial charge in [0.05, 0.1) is 27.9 Å². The van der Waals surface area contributed by atoms with Crippen LogP contribution >= 0.6 is 0 Å². The minimum absolute atomic E-state index is 0.291. The van der Waals surface area contributed by atoms with Crippen LogP contribution < -0.4 is 14.2 Å². The molecule has 5 nitrogen and oxygen atoms in total. The summed E-state index contributed by atoms with van der Waals surface area (Å²) in [6.07, 6.45) is 0.635. The van der Waals surface area contributed by atoms with Crippen LogP contribution in [0.4, 0.5) is 0 Å². The molecule has 19 heavy (non-hydrogen) atoms. The summed E-state index contributed by atoms with van der Waals surface area (Å²) in [4.78, 5) is 13.4. The molecule has 0 bridgehead atoms. The van der Waals surface area contributed by atoms with Crippen molar-refractivity contribution in [3.05, 3.63) is 17.7 Å². The Morgan fingerprint density at radius 3 is 2.21 bits per heavy atom. The fourth-order valence-corrected chi connectivity index (χ4v) is 2.28. The maximum absolute atomic E-state index is 11.3. The van der Waals surface area contributed by atoms with Crippen molar-refractivity contribution in [3.8, 4) is 17.2 Å². The Kier molecular flexibility index (Phi) is 4.27. The first kappa shape index (κ1) is 13.7. The molecule has 1 aromatic carbocycles. The molecular weight excluding hydrogens is 246 g/mol. The second kappa shape index (κ2) is 5.93. The summed E-state index contributed by atoms with van der Waals surface area (Å²) in [5, 5.41) is 0. The first-order valence-corrected chi connectivity index (χ1v) is 6.21. The predicted molar refractivity (Wildman–Crippen MR) is 71.0 cm³/mol. The van der Waals surface area contributed by atoms with Gasteiger partial charge in [0, 0.05) is 31.1 Å². The van der Waals surface area contributed by atoms with Crippen molar-refractivity contribution in [2.24, 2.45) is 0 Å². The second-order valence-electron chi connectivity index (χ2n) is 4.52. The van der Waals surface area contributed by atoms with Crippen LogP contribution in [0.3, 0.4) is 0 Å². The van der Waals surface area contributed by atoms with Crippen LogP contribution in [0, 0.1) is 0 Å². The average Bonchev–Trinajstić information content (AvgIpc) is 2.83. The zero-order valence-electron chi connectivity index (χ0n) is 11.6. The summed E-state index contributed by atoms with van der Waals surface area (Å²) in [5.74, 6) is 2.35. The molecule has 0 unspecified atom stereocenters. The number of nitrogens with zero attached hydrogens (tertiary/aromatic N) is 1. The van der Waals surface area contributed by atoms with Crippen LogP contribution in [0.1, 0.15) is 12.0 Å². The maximum atomic E-state index is 11.3. The summed E-state index contributed by atoms with van der Waals surface area (Å²) in [6.45, 7) is 1.99. The van der Waals surface area contributed by atoms with E-state index in [4.69, 9.17) is 14.2 Å². The van der Waals surface area contributed by atoms with Gasteiger partial charge in [-0.05, 0) is 6.07 Å². The Balaban J connectivity index is 2.25. The van der Waals surface area contributed by atoms with Gasteiger partial charge in [-0.25, -0.2) is 0 Å². The molecule has 1 aromatic rings. The number of ketones is 1. The van der Waals surface area contributed by atoms with E-state index in [9.17, 15) is 4.79 Å². The Hall–Kier alpha value is -1.75. The molecule has 0 amide bonds. The lowest BCUT2D eigenvalue weighted by Crippen LogP contribution is -2.20. The molecule has 1 saturated heterocycles. The lowest BCUT2D eigenvalue weighted by Gasteiger charge is -2.18. The van der Waals surface area contributed by atoms with E-state index in [1.165, 1.54) is 0 Å². The van der Waals surface area contributed by atoms with Crippen molar-refractivity contribution in [1.29, 1.82) is 0 Å². The Bertz CT molecular complexity index is 473. The topological polar surface area (TPSA) is 48.0 Å². The van der Waals surface area contributed by atoms with Crippen LogP contribution in [0.25, 0.3) is 0 Å². The van der Waals surface area contributed by atoms with Gasteiger partial charge in [-0.15, -0.1) is 0 Å². The second-order valence-corrected chi connectivity index (χ2v) is 4.52. The van der Waals surface area contributed by atoms with Gasteiger partial charge in [0.1, 0.15) is 11.5 Å². The number of rotatable bonds is 5. The van der Waals surface area contributed by atoms with E-state index in [1.807, 2.05) is 12.1 Å². The molecule has 104 valence electrons. The summed E-state index contributed by atoms with van der Waals surface area (Å²) in [5.41, 5.74) is 0.995. The number of benzene rings is 1. The molecular formula is C14H19NO4. The molecule has 2 rings (SSSR count). The molecule has 1 aliphatic heterocycles. The van der Waals surface area contributed by atoms with E-state index >= 15 is 0 Å². The molecule has 0 N–H and O–H groups in total. The Morgan fingerprint density at radius 1 is 1.05 bits per heavy atom. The molecule has 0 saturated carbocycles. The highest BCUT2D eigenvalue weighted by atomic mass is 16.5. The summed E-state index contributed by atoms with van der Waals surface area (Å²) < 4.78 is 15.9. The monoisotopic (exact) mass is 265 g/mol. The number of ether oxygens (including phenoxy) is 3. The van der Waals surface area contributed by atoms with Crippen LogP contribution in [0.5, 0.6) is 17.2 Å². The van der Waals surface area contributed by atoms with E-state index in [-0.39, 0.29) is 0 Å². The zero-order chi connectivity index (χ0) is 13.8. The maximum Gasteiger partial charge on any atom is 0.164 e. The van der Waals surface area contributed by atoms with Crippen LogP contribution in [0.15, 0.2) is 12.1 Å². The van der Waals surface area contributed by atoms with E-state index in [1.54, 1.807) is 21.3 Å². The number of likely N-dealkylation sites (tertiary alicyclic amines) is 1. The van der Waals surface area contributed by atoms with Gasteiger partial charge in [-0.1, -0.05) is 0 Å². The number of Topliss-reactive ketones (excluding diaryl/α,β-unsaturated/α-hetero) is 1. The number of hydrogen-bond donors (Lipinski definition) is 0. The molecule has 0 radical (unpaired) electrons. The summed E-state index contributed by atoms with van der Waals surface area (Å²) >= 11 is 0. The Labute approximate surface area is 113 Å². The lowest BCUT2D eigenvalue weighted by atomic mass is 10.1. The van der Waals surface area contributed by atoms with Crippen molar-refractivity contribution >= 4 is 5.78 Å². The van der Waals surface area contributed by atoms with Crippen LogP contribution in [-0.2, 0) is 11.3 Å². The summed E-state index contributed by atoms with van der Waals surface area (Å²) in [6, 6.07) is 3.71. The lowest BCUT2D eigenvalue weighted by molar-refractivity contribution is -0.116. The smallest absolute Gasteiger partial charge is 0.164 e. The third kappa shape index (κ3) is 2.98. The molecule has 5 heteroatoms. The molecule has 1 heterocycles. The van der Waals surface area contributed by atoms with Gasteiger partial charge in [-0.3, -0.25) is 9.69 Å². The fourth-order valence-electron chi connectivity index (χ4n) is 2.28. The first-order valence-electron chi connectivity index (χ1n) is 6.21. The number of hydrogen-bond acceptors (Lipinski definition) is 5. The van der Waals surface area contributed by atoms with Gasteiger partial charge in [0.2, 0.25) is 0 Å². The highest BCUT2D eigenvalue weighted by molar-refractivity contribution is 5.82. The van der Waals surface area contributed by atoms with Gasteiger partial charge in [-0.2, -0.15) is 0 Å². The quantitative estimate of drug-likeness (QED) is 0.807. The van der Waals surface area contributed by atoms with Gasteiger partial charge in [0.15, 0.2) is 11.5 Å². The fraction of sp³-hybridized carbons (Fsp3) is 0.500. The van der Waals surface area contributed by atoms with Crippen LogP contribution in [0.2, 0.25) is 0 Å². The molecule has 0 aliphatic carbocycles. The third-order valence-electron chi connectivity index (χ3n) is 3.29. The number of methoxy groups -OCH3 is 3. The SMILES string of the molecule is COc1cc(OC)c(OC)cc1CN1CCC(=O)C1. The van der Waals surface area contributed by atoms with Gasteiger partial charge >= 0.3 is 0 Å². The first-order chi connectivity index (χ1) is 9.17. The predicted octanol–water partition coefficient (Wildman–Crippen LogP) is 1.49. The van der Waals surface area contributed by atoms with E-state index in [0.29, 0.717) is 36.8 Å². The molecule has 1 fully saturated rings. The van der Waals surface area contributed by atoms with Crippen molar-refractivity contribution in [2.75, 3.05) is 34.4 Å². The molecule has 0 spiro atoms. The third-order valence-corrected chi connectivity index (χ3v) is 3.29. The van der Waals surface area contributed by atoms with E-state index < -0.39 is 0 Å². The van der Waals surface area contributed by atoms with Crippen molar-refractivity contribution in [2.45, 2.75) is 13.0 Å². The van der Waals surface area contributed by atoms with E-state index in [0.717, 1.165) is 17.9 Å². The zero-order valence-corrected chi connectivity index (χ0v) is 11.6. The van der Waals surface area contributed by atoms with Crippen molar-refractivity contribution in [1.82, 2.24) is 4.90 Å². The Morgan fingerprint density at radius 2 is 1.68 bits per heavy atom. The average molecular weight is 265 g/mol. The summed E-state index contributed by atoms with van der Waals surface area (Å²) in [7, 11) is 4.82. The molecule has 0 atom stereocenters. The number of carbonyl (C=O) groups excluding carboxylic acids is 1. The van der Waals surface area contributed by atoms with Crippen LogP contribution in [-0.4, -0.2) is 45.1 Å². The van der Waals surface area contributed by atoms with Gasteiger partial charge in [0.25, 0.3) is 0 Å². The number of carbonyl (C=O) groups is 1.